The number of esters is 1. The standard InChI is InChI=1S/C28H34N2O7/c1-27-13-8-18-36-26(34)22(27)21-24(32)30(15-5-3-4-6-17-31)23-25(33)29(16-7-14-28(21,23)37-27)19-9-11-20(35-2)12-10-19/h7-14,21-23,31H,3-6,15-18H2,1-2H3/t21-,22+,23?,27-,28-/m0/s1. The molecule has 0 saturated carbocycles. The molecule has 2 amide bonds. The summed E-state index contributed by atoms with van der Waals surface area (Å²) in [7, 11) is 1.58. The van der Waals surface area contributed by atoms with E-state index in [0.717, 1.165) is 12.8 Å². The number of aliphatic hydroxyl groups excluding tert-OH is 1. The Labute approximate surface area is 216 Å². The molecular weight excluding hydrogens is 476 g/mol. The molecule has 198 valence electrons. The number of unbranched alkanes of at least 4 members (excludes halogenated alkanes) is 3. The molecule has 4 aliphatic rings. The van der Waals surface area contributed by atoms with Gasteiger partial charge in [0.25, 0.3) is 5.91 Å². The van der Waals surface area contributed by atoms with Crippen LogP contribution in [0.15, 0.2) is 48.6 Å². The molecular formula is C28H34N2O7. The second-order valence-corrected chi connectivity index (χ2v) is 10.2. The SMILES string of the molecule is COc1ccc(N2CC=C[C@]34O[C@@]5(C)C=CCOC(=O)[C@H]5[C@H]3C(=O)N(CCCCCCO)C4C2=O)cc1. The van der Waals surface area contributed by atoms with Gasteiger partial charge in [-0.15, -0.1) is 0 Å². The Morgan fingerprint density at radius 2 is 1.76 bits per heavy atom. The first kappa shape index (κ1) is 25.5. The number of hydrogen-bond acceptors (Lipinski definition) is 7. The van der Waals surface area contributed by atoms with Gasteiger partial charge in [0.1, 0.15) is 29.9 Å². The third-order valence-electron chi connectivity index (χ3n) is 8.00. The predicted molar refractivity (Wildman–Crippen MR) is 135 cm³/mol. The van der Waals surface area contributed by atoms with Crippen LogP contribution in [-0.2, 0) is 23.9 Å². The van der Waals surface area contributed by atoms with E-state index < -0.39 is 35.0 Å². The van der Waals surface area contributed by atoms with E-state index in [1.54, 1.807) is 48.1 Å². The number of hydrogen-bond donors (Lipinski definition) is 1. The van der Waals surface area contributed by atoms with Crippen LogP contribution in [0.25, 0.3) is 0 Å². The molecule has 5 atom stereocenters. The zero-order chi connectivity index (χ0) is 26.2. The minimum Gasteiger partial charge on any atom is -0.497 e. The average molecular weight is 511 g/mol. The van der Waals surface area contributed by atoms with Crippen molar-refractivity contribution in [1.82, 2.24) is 4.90 Å². The molecule has 5 rings (SSSR count). The van der Waals surface area contributed by atoms with Crippen LogP contribution in [0.5, 0.6) is 5.75 Å². The van der Waals surface area contributed by atoms with E-state index >= 15 is 0 Å². The van der Waals surface area contributed by atoms with Crippen molar-refractivity contribution in [3.8, 4) is 5.75 Å². The molecule has 9 nitrogen and oxygen atoms in total. The van der Waals surface area contributed by atoms with Gasteiger partial charge in [-0.2, -0.15) is 0 Å². The second-order valence-electron chi connectivity index (χ2n) is 10.2. The van der Waals surface area contributed by atoms with Crippen molar-refractivity contribution in [2.45, 2.75) is 49.9 Å². The van der Waals surface area contributed by atoms with E-state index in [1.165, 1.54) is 0 Å². The summed E-state index contributed by atoms with van der Waals surface area (Å²) in [6.45, 7) is 2.71. The minimum atomic E-state index is -1.29. The molecule has 2 saturated heterocycles. The molecule has 0 bridgehead atoms. The fourth-order valence-electron chi connectivity index (χ4n) is 6.34. The Morgan fingerprint density at radius 1 is 1.00 bits per heavy atom. The van der Waals surface area contributed by atoms with Crippen LogP contribution in [0, 0.1) is 11.8 Å². The number of carbonyl (C=O) groups is 3. The summed E-state index contributed by atoms with van der Waals surface area (Å²) in [6, 6.07) is 6.29. The van der Waals surface area contributed by atoms with E-state index in [2.05, 4.69) is 0 Å². The number of ether oxygens (including phenoxy) is 3. The van der Waals surface area contributed by atoms with Crippen LogP contribution in [0.4, 0.5) is 5.69 Å². The number of nitrogens with zero attached hydrogens (tertiary/aromatic N) is 2. The van der Waals surface area contributed by atoms with Gasteiger partial charge >= 0.3 is 5.97 Å². The first-order chi connectivity index (χ1) is 17.9. The highest BCUT2D eigenvalue weighted by Gasteiger charge is 2.74. The predicted octanol–water partition coefficient (Wildman–Crippen LogP) is 2.23. The molecule has 4 heterocycles. The molecule has 1 aromatic carbocycles. The quantitative estimate of drug-likeness (QED) is 0.325. The molecule has 0 aromatic heterocycles. The van der Waals surface area contributed by atoms with Crippen molar-refractivity contribution >= 4 is 23.5 Å². The Kier molecular flexibility index (Phi) is 6.85. The molecule has 4 aliphatic heterocycles. The highest BCUT2D eigenvalue weighted by molar-refractivity contribution is 6.05. The zero-order valence-electron chi connectivity index (χ0n) is 21.3. The number of aliphatic hydroxyl groups is 1. The van der Waals surface area contributed by atoms with Gasteiger partial charge in [0.2, 0.25) is 5.91 Å². The van der Waals surface area contributed by atoms with Gasteiger partial charge in [-0.25, -0.2) is 0 Å². The molecule has 1 spiro atoms. The lowest BCUT2D eigenvalue weighted by Crippen LogP contribution is -2.56. The van der Waals surface area contributed by atoms with E-state index in [1.807, 2.05) is 24.3 Å². The fraction of sp³-hybridized carbons (Fsp3) is 0.536. The maximum atomic E-state index is 14.3. The summed E-state index contributed by atoms with van der Waals surface area (Å²) in [5.74, 6) is -2.04. The van der Waals surface area contributed by atoms with Crippen LogP contribution in [0.1, 0.15) is 32.6 Å². The number of rotatable bonds is 8. The van der Waals surface area contributed by atoms with Gasteiger partial charge in [0.15, 0.2) is 0 Å². The monoisotopic (exact) mass is 510 g/mol. The largest absolute Gasteiger partial charge is 0.497 e. The molecule has 0 radical (unpaired) electrons. The van der Waals surface area contributed by atoms with Gasteiger partial charge in [-0.3, -0.25) is 14.4 Å². The molecule has 1 N–H and O–H groups in total. The first-order valence-corrected chi connectivity index (χ1v) is 13.0. The lowest BCUT2D eigenvalue weighted by Gasteiger charge is -2.37. The maximum absolute atomic E-state index is 14.3. The molecule has 37 heavy (non-hydrogen) atoms. The van der Waals surface area contributed by atoms with Crippen LogP contribution in [0.2, 0.25) is 0 Å². The van der Waals surface area contributed by atoms with Crippen molar-refractivity contribution in [2.24, 2.45) is 11.8 Å². The number of likely N-dealkylation sites (tertiary alicyclic amines) is 1. The van der Waals surface area contributed by atoms with E-state index in [9.17, 15) is 14.4 Å². The van der Waals surface area contributed by atoms with Crippen molar-refractivity contribution in [3.63, 3.8) is 0 Å². The van der Waals surface area contributed by atoms with Gasteiger partial charge in [-0.1, -0.05) is 31.1 Å². The third kappa shape index (κ3) is 4.14. The minimum absolute atomic E-state index is 0.125. The summed E-state index contributed by atoms with van der Waals surface area (Å²) in [6.07, 6.45) is 10.2. The summed E-state index contributed by atoms with van der Waals surface area (Å²) in [5.41, 5.74) is -1.68. The summed E-state index contributed by atoms with van der Waals surface area (Å²) in [5, 5.41) is 9.10. The van der Waals surface area contributed by atoms with Crippen LogP contribution >= 0.6 is 0 Å². The normalized spacial score (nSPS) is 32.5. The number of carbonyl (C=O) groups excluding carboxylic acids is 3. The second kappa shape index (κ2) is 9.95. The number of anilines is 1. The van der Waals surface area contributed by atoms with E-state index in [4.69, 9.17) is 19.3 Å². The number of fused-ring (bicyclic) bond motifs is 2. The first-order valence-electron chi connectivity index (χ1n) is 13.0. The Hall–Kier alpha value is -3.17. The van der Waals surface area contributed by atoms with Gasteiger partial charge in [0, 0.05) is 25.4 Å². The summed E-state index contributed by atoms with van der Waals surface area (Å²) >= 11 is 0. The van der Waals surface area contributed by atoms with E-state index in [0.29, 0.717) is 37.4 Å². The van der Waals surface area contributed by atoms with Crippen molar-refractivity contribution in [2.75, 3.05) is 38.3 Å². The highest BCUT2D eigenvalue weighted by atomic mass is 16.6. The summed E-state index contributed by atoms with van der Waals surface area (Å²) < 4.78 is 17.4. The lowest BCUT2D eigenvalue weighted by molar-refractivity contribution is -0.156. The van der Waals surface area contributed by atoms with Crippen molar-refractivity contribution in [1.29, 1.82) is 0 Å². The van der Waals surface area contributed by atoms with Gasteiger partial charge < -0.3 is 29.1 Å². The van der Waals surface area contributed by atoms with Gasteiger partial charge in [-0.05, 0) is 50.1 Å². The average Bonchev–Trinajstić information content (AvgIpc) is 3.14. The smallest absolute Gasteiger partial charge is 0.313 e. The van der Waals surface area contributed by atoms with Crippen LogP contribution in [0.3, 0.4) is 0 Å². The third-order valence-corrected chi connectivity index (χ3v) is 8.00. The van der Waals surface area contributed by atoms with Crippen molar-refractivity contribution in [3.05, 3.63) is 48.6 Å². The molecule has 0 aliphatic carbocycles. The van der Waals surface area contributed by atoms with Crippen molar-refractivity contribution < 1.29 is 33.7 Å². The Morgan fingerprint density at radius 3 is 2.49 bits per heavy atom. The maximum Gasteiger partial charge on any atom is 0.313 e. The topological polar surface area (TPSA) is 106 Å². The van der Waals surface area contributed by atoms with Gasteiger partial charge in [0.05, 0.1) is 18.6 Å². The molecule has 1 aromatic rings. The van der Waals surface area contributed by atoms with Crippen LogP contribution in [-0.4, -0.2) is 78.4 Å². The fourth-order valence-corrected chi connectivity index (χ4v) is 6.34. The number of amides is 2. The van der Waals surface area contributed by atoms with Crippen LogP contribution < -0.4 is 9.64 Å². The zero-order valence-corrected chi connectivity index (χ0v) is 21.3. The lowest BCUT2D eigenvalue weighted by atomic mass is 9.75. The number of methoxy groups -OCH3 is 1. The number of cyclic esters (lactones) is 1. The summed E-state index contributed by atoms with van der Waals surface area (Å²) in [4.78, 5) is 44.8. The molecule has 2 fully saturated rings. The molecule has 9 heteroatoms. The Bertz CT molecular complexity index is 1120. The Balaban J connectivity index is 1.54. The highest BCUT2D eigenvalue weighted by Crippen LogP contribution is 2.57. The molecule has 1 unspecified atom stereocenters. The number of benzene rings is 1. The van der Waals surface area contributed by atoms with E-state index in [-0.39, 0.29) is 25.0 Å².